The van der Waals surface area contributed by atoms with Crippen LogP contribution in [0.15, 0.2) is 30.3 Å². The number of aliphatic carboxylic acids is 1. The molecule has 0 bridgehead atoms. The van der Waals surface area contributed by atoms with Crippen LogP contribution in [-0.2, 0) is 4.79 Å². The molecule has 0 saturated heterocycles. The molecule has 3 heteroatoms. The van der Waals surface area contributed by atoms with Crippen LogP contribution < -0.4 is 0 Å². The summed E-state index contributed by atoms with van der Waals surface area (Å²) in [6.07, 6.45) is 0. The van der Waals surface area contributed by atoms with Crippen LogP contribution in [0, 0.1) is 17.8 Å². The van der Waals surface area contributed by atoms with Gasteiger partial charge in [0.2, 0.25) is 0 Å². The molecule has 0 spiro atoms. The summed E-state index contributed by atoms with van der Waals surface area (Å²) in [5, 5.41) is 8.82. The van der Waals surface area contributed by atoms with Crippen LogP contribution in [-0.4, -0.2) is 35.6 Å². The summed E-state index contributed by atoms with van der Waals surface area (Å²) in [5.74, 6) is 5.69. The van der Waals surface area contributed by atoms with Crippen molar-refractivity contribution in [2.45, 2.75) is 13.8 Å². The summed E-state index contributed by atoms with van der Waals surface area (Å²) in [6, 6.07) is 9.70. The van der Waals surface area contributed by atoms with E-state index in [4.69, 9.17) is 5.11 Å². The molecule has 0 aromatic heterocycles. The number of carboxylic acid groups (broad SMARTS) is 1. The van der Waals surface area contributed by atoms with Crippen LogP contribution in [0.5, 0.6) is 0 Å². The number of hydrogen-bond acceptors (Lipinski definition) is 2. The van der Waals surface area contributed by atoms with Gasteiger partial charge in [-0.15, -0.1) is 0 Å². The maximum absolute atomic E-state index is 10.7. The minimum atomic E-state index is -0.808. The number of carboxylic acids is 1. The standard InChI is InChI=1S/C15H19NO2/c1-13(2)11-16(12-15(17)18)10-6-9-14-7-4-3-5-8-14/h3-5,7-8,13H,10-12H2,1-2H3,(H,17,18). The zero-order valence-corrected chi connectivity index (χ0v) is 10.9. The van der Waals surface area contributed by atoms with Gasteiger partial charge in [0.25, 0.3) is 0 Å². The summed E-state index contributed by atoms with van der Waals surface area (Å²) in [5.41, 5.74) is 0.956. The van der Waals surface area contributed by atoms with E-state index >= 15 is 0 Å². The van der Waals surface area contributed by atoms with Crippen LogP contribution in [0.4, 0.5) is 0 Å². The van der Waals surface area contributed by atoms with Crippen molar-refractivity contribution in [1.29, 1.82) is 0 Å². The summed E-state index contributed by atoms with van der Waals surface area (Å²) in [7, 11) is 0. The van der Waals surface area contributed by atoms with Gasteiger partial charge in [0.05, 0.1) is 13.1 Å². The molecule has 0 saturated carbocycles. The van der Waals surface area contributed by atoms with Crippen molar-refractivity contribution in [2.24, 2.45) is 5.92 Å². The minimum absolute atomic E-state index is 0.0433. The van der Waals surface area contributed by atoms with Gasteiger partial charge in [-0.2, -0.15) is 0 Å². The number of carbonyl (C=O) groups is 1. The second-order valence-electron chi connectivity index (χ2n) is 4.63. The molecule has 0 aliphatic carbocycles. The molecule has 1 rings (SSSR count). The van der Waals surface area contributed by atoms with Gasteiger partial charge < -0.3 is 5.11 Å². The minimum Gasteiger partial charge on any atom is -0.480 e. The molecule has 96 valence electrons. The highest BCUT2D eigenvalue weighted by Crippen LogP contribution is 1.98. The van der Waals surface area contributed by atoms with E-state index < -0.39 is 5.97 Å². The molecule has 1 aromatic carbocycles. The van der Waals surface area contributed by atoms with Crippen molar-refractivity contribution in [3.05, 3.63) is 35.9 Å². The van der Waals surface area contributed by atoms with Crippen molar-refractivity contribution in [3.8, 4) is 11.8 Å². The highest BCUT2D eigenvalue weighted by molar-refractivity contribution is 5.69. The van der Waals surface area contributed by atoms with Crippen molar-refractivity contribution < 1.29 is 9.90 Å². The van der Waals surface area contributed by atoms with Crippen LogP contribution in [0.2, 0.25) is 0 Å². The summed E-state index contributed by atoms with van der Waals surface area (Å²) < 4.78 is 0. The van der Waals surface area contributed by atoms with Crippen LogP contribution in [0.25, 0.3) is 0 Å². The molecule has 0 atom stereocenters. The Morgan fingerprint density at radius 1 is 1.33 bits per heavy atom. The number of rotatable bonds is 5. The monoisotopic (exact) mass is 245 g/mol. The lowest BCUT2D eigenvalue weighted by molar-refractivity contribution is -0.138. The Labute approximate surface area is 108 Å². The molecular weight excluding hydrogens is 226 g/mol. The zero-order valence-electron chi connectivity index (χ0n) is 10.9. The molecule has 18 heavy (non-hydrogen) atoms. The Hall–Kier alpha value is -1.79. The Morgan fingerprint density at radius 3 is 2.56 bits per heavy atom. The zero-order chi connectivity index (χ0) is 13.4. The third kappa shape index (κ3) is 6.07. The van der Waals surface area contributed by atoms with Gasteiger partial charge in [0, 0.05) is 12.1 Å². The Morgan fingerprint density at radius 2 is 2.00 bits per heavy atom. The van der Waals surface area contributed by atoms with Gasteiger partial charge in [-0.3, -0.25) is 9.69 Å². The van der Waals surface area contributed by atoms with Gasteiger partial charge in [-0.25, -0.2) is 0 Å². The third-order valence-corrected chi connectivity index (χ3v) is 2.29. The van der Waals surface area contributed by atoms with Crippen LogP contribution in [0.1, 0.15) is 19.4 Å². The van der Waals surface area contributed by atoms with Crippen molar-refractivity contribution in [3.63, 3.8) is 0 Å². The van der Waals surface area contributed by atoms with Crippen LogP contribution in [0.3, 0.4) is 0 Å². The maximum Gasteiger partial charge on any atom is 0.317 e. The molecule has 0 unspecified atom stereocenters. The fourth-order valence-electron chi connectivity index (χ4n) is 1.67. The van der Waals surface area contributed by atoms with E-state index in [1.807, 2.05) is 35.2 Å². The lowest BCUT2D eigenvalue weighted by atomic mass is 10.2. The van der Waals surface area contributed by atoms with Gasteiger partial charge in [0.15, 0.2) is 0 Å². The molecule has 1 N–H and O–H groups in total. The first-order chi connectivity index (χ1) is 8.58. The van der Waals surface area contributed by atoms with Gasteiger partial charge >= 0.3 is 5.97 Å². The lowest BCUT2D eigenvalue weighted by Gasteiger charge is -2.19. The summed E-state index contributed by atoms with van der Waals surface area (Å²) >= 11 is 0. The average molecular weight is 245 g/mol. The predicted octanol–water partition coefficient (Wildman–Crippen LogP) is 2.08. The Bertz CT molecular complexity index is 429. The van der Waals surface area contributed by atoms with E-state index in [2.05, 4.69) is 25.7 Å². The first kappa shape index (κ1) is 14.3. The van der Waals surface area contributed by atoms with Crippen LogP contribution >= 0.6 is 0 Å². The second kappa shape index (κ2) is 7.52. The molecule has 1 aromatic rings. The number of nitrogens with zero attached hydrogens (tertiary/aromatic N) is 1. The van der Waals surface area contributed by atoms with E-state index in [9.17, 15) is 4.79 Å². The number of benzene rings is 1. The second-order valence-corrected chi connectivity index (χ2v) is 4.63. The lowest BCUT2D eigenvalue weighted by Crippen LogP contribution is -2.33. The van der Waals surface area contributed by atoms with Crippen molar-refractivity contribution in [2.75, 3.05) is 19.6 Å². The fourth-order valence-corrected chi connectivity index (χ4v) is 1.67. The average Bonchev–Trinajstić information content (AvgIpc) is 2.28. The molecule has 0 fully saturated rings. The van der Waals surface area contributed by atoms with E-state index in [1.54, 1.807) is 0 Å². The molecule has 3 nitrogen and oxygen atoms in total. The quantitative estimate of drug-likeness (QED) is 0.807. The van der Waals surface area contributed by atoms with Crippen molar-refractivity contribution >= 4 is 5.97 Å². The topological polar surface area (TPSA) is 40.5 Å². The number of hydrogen-bond donors (Lipinski definition) is 1. The first-order valence-electron chi connectivity index (χ1n) is 6.06. The van der Waals surface area contributed by atoms with Gasteiger partial charge in [-0.05, 0) is 18.1 Å². The third-order valence-electron chi connectivity index (χ3n) is 2.29. The molecule has 0 aliphatic rings. The van der Waals surface area contributed by atoms with E-state index in [0.717, 1.165) is 12.1 Å². The smallest absolute Gasteiger partial charge is 0.317 e. The molecule has 0 aliphatic heterocycles. The largest absolute Gasteiger partial charge is 0.480 e. The molecule has 0 radical (unpaired) electrons. The van der Waals surface area contributed by atoms with Gasteiger partial charge in [0.1, 0.15) is 0 Å². The highest BCUT2D eigenvalue weighted by atomic mass is 16.4. The SMILES string of the molecule is CC(C)CN(CC#Cc1ccccc1)CC(=O)O. The molecule has 0 heterocycles. The van der Waals surface area contributed by atoms with E-state index in [-0.39, 0.29) is 6.54 Å². The first-order valence-corrected chi connectivity index (χ1v) is 6.06. The molecular formula is C15H19NO2. The Balaban J connectivity index is 2.56. The van der Waals surface area contributed by atoms with Gasteiger partial charge in [-0.1, -0.05) is 43.9 Å². The van der Waals surface area contributed by atoms with Crippen molar-refractivity contribution in [1.82, 2.24) is 4.90 Å². The highest BCUT2D eigenvalue weighted by Gasteiger charge is 2.09. The predicted molar refractivity (Wildman–Crippen MR) is 72.2 cm³/mol. The van der Waals surface area contributed by atoms with E-state index in [1.165, 1.54) is 0 Å². The molecule has 0 amide bonds. The Kier molecular flexibility index (Phi) is 5.96. The van der Waals surface area contributed by atoms with E-state index in [0.29, 0.717) is 12.5 Å². The maximum atomic E-state index is 10.7. The normalized spacial score (nSPS) is 10.2. The fraction of sp³-hybridized carbons (Fsp3) is 0.400. The summed E-state index contributed by atoms with van der Waals surface area (Å²) in [4.78, 5) is 12.6. The summed E-state index contributed by atoms with van der Waals surface area (Å²) in [6.45, 7) is 5.41.